The minimum Gasteiger partial charge on any atom is -0.326 e. The van der Waals surface area contributed by atoms with E-state index in [-0.39, 0.29) is 17.1 Å². The summed E-state index contributed by atoms with van der Waals surface area (Å²) < 4.78 is 13.3. The topological polar surface area (TPSA) is 45.8 Å². The van der Waals surface area contributed by atoms with Crippen LogP contribution in [0.5, 0.6) is 0 Å². The van der Waals surface area contributed by atoms with Crippen molar-refractivity contribution in [3.05, 3.63) is 52.3 Å². The van der Waals surface area contributed by atoms with E-state index < -0.39 is 0 Å². The number of nitrogens with zero attached hydrogens (tertiary/aromatic N) is 1. The molecule has 0 unspecified atom stereocenters. The average molecular weight is 204 g/mol. The Hall–Kier alpha value is -1.97. The lowest BCUT2D eigenvalue weighted by molar-refractivity contribution is 0.619. The third-order valence-corrected chi connectivity index (χ3v) is 2.23. The first-order valence-corrected chi connectivity index (χ1v) is 4.49. The number of benzene rings is 1. The molecule has 2 aromatic rings. The molecule has 0 aliphatic rings. The molecular formula is C11H9FN2O. The molecule has 0 aliphatic heterocycles. The van der Waals surface area contributed by atoms with E-state index in [1.807, 2.05) is 0 Å². The molecule has 0 radical (unpaired) electrons. The minimum absolute atomic E-state index is 0.245. The summed E-state index contributed by atoms with van der Waals surface area (Å²) >= 11 is 0. The quantitative estimate of drug-likeness (QED) is 0.770. The highest BCUT2D eigenvalue weighted by atomic mass is 19.1. The van der Waals surface area contributed by atoms with Gasteiger partial charge >= 0.3 is 0 Å². The molecule has 1 heterocycles. The Balaban J connectivity index is 2.70. The van der Waals surface area contributed by atoms with Gasteiger partial charge in [-0.2, -0.15) is 0 Å². The van der Waals surface area contributed by atoms with Gasteiger partial charge in [-0.3, -0.25) is 4.79 Å². The van der Waals surface area contributed by atoms with E-state index in [1.165, 1.54) is 18.5 Å². The first-order chi connectivity index (χ1) is 7.20. The minimum atomic E-state index is -0.336. The Morgan fingerprint density at radius 1 is 1.40 bits per heavy atom. The fourth-order valence-corrected chi connectivity index (χ4v) is 1.41. The molecule has 0 saturated carbocycles. The Bertz CT molecular complexity index is 548. The van der Waals surface area contributed by atoms with Gasteiger partial charge in [-0.25, -0.2) is 9.37 Å². The number of hydrogen-bond acceptors (Lipinski definition) is 2. The third kappa shape index (κ3) is 1.66. The van der Waals surface area contributed by atoms with Crippen molar-refractivity contribution in [1.82, 2.24) is 9.97 Å². The van der Waals surface area contributed by atoms with E-state index in [0.29, 0.717) is 11.1 Å². The summed E-state index contributed by atoms with van der Waals surface area (Å²) in [5.41, 5.74) is 0.888. The largest absolute Gasteiger partial charge is 0.326 e. The van der Waals surface area contributed by atoms with Crippen LogP contribution in [0.3, 0.4) is 0 Å². The maximum absolute atomic E-state index is 13.3. The van der Waals surface area contributed by atoms with E-state index in [2.05, 4.69) is 9.97 Å². The lowest BCUT2D eigenvalue weighted by atomic mass is 10.1. The molecule has 0 aliphatic carbocycles. The van der Waals surface area contributed by atoms with Gasteiger partial charge in [-0.15, -0.1) is 0 Å². The van der Waals surface area contributed by atoms with Crippen LogP contribution in [-0.2, 0) is 0 Å². The zero-order valence-electron chi connectivity index (χ0n) is 8.12. The summed E-state index contributed by atoms with van der Waals surface area (Å²) in [6.45, 7) is 1.62. The molecule has 0 bridgehead atoms. The number of halogens is 1. The van der Waals surface area contributed by atoms with Gasteiger partial charge in [0.15, 0.2) is 0 Å². The normalized spacial score (nSPS) is 10.3. The first-order valence-electron chi connectivity index (χ1n) is 4.49. The SMILES string of the molecule is Cc1c(F)cccc1-c1ncc[nH]c1=O. The van der Waals surface area contributed by atoms with Crippen LogP contribution in [-0.4, -0.2) is 9.97 Å². The van der Waals surface area contributed by atoms with Crippen LogP contribution in [0.25, 0.3) is 11.3 Å². The Labute approximate surface area is 85.6 Å². The summed E-state index contributed by atoms with van der Waals surface area (Å²) in [5, 5.41) is 0. The van der Waals surface area contributed by atoms with Crippen LogP contribution < -0.4 is 5.56 Å². The second kappa shape index (κ2) is 3.65. The molecule has 3 nitrogen and oxygen atoms in total. The van der Waals surface area contributed by atoms with Crippen molar-refractivity contribution in [1.29, 1.82) is 0 Å². The summed E-state index contributed by atoms with van der Waals surface area (Å²) in [7, 11) is 0. The van der Waals surface area contributed by atoms with E-state index in [9.17, 15) is 9.18 Å². The number of hydrogen-bond donors (Lipinski definition) is 1. The van der Waals surface area contributed by atoms with Crippen molar-refractivity contribution in [3.63, 3.8) is 0 Å². The number of aromatic amines is 1. The Morgan fingerprint density at radius 3 is 2.93 bits per heavy atom. The number of rotatable bonds is 1. The van der Waals surface area contributed by atoms with Gasteiger partial charge in [0.2, 0.25) is 0 Å². The molecule has 0 amide bonds. The van der Waals surface area contributed by atoms with Gasteiger partial charge in [-0.05, 0) is 18.6 Å². The van der Waals surface area contributed by atoms with E-state index in [4.69, 9.17) is 0 Å². The molecular weight excluding hydrogens is 195 g/mol. The van der Waals surface area contributed by atoms with Crippen molar-refractivity contribution in [2.75, 3.05) is 0 Å². The standard InChI is InChI=1S/C11H9FN2O/c1-7-8(3-2-4-9(7)12)10-11(15)14-6-5-13-10/h2-6H,1H3,(H,14,15). The second-order valence-corrected chi connectivity index (χ2v) is 3.18. The van der Waals surface area contributed by atoms with Crippen LogP contribution in [0.15, 0.2) is 35.4 Å². The molecule has 15 heavy (non-hydrogen) atoms. The van der Waals surface area contributed by atoms with Crippen LogP contribution in [0.2, 0.25) is 0 Å². The lowest BCUT2D eigenvalue weighted by Crippen LogP contribution is -2.10. The smallest absolute Gasteiger partial charge is 0.274 e. The van der Waals surface area contributed by atoms with Crippen molar-refractivity contribution >= 4 is 0 Å². The first kappa shape index (κ1) is 9.58. The molecule has 0 spiro atoms. The van der Waals surface area contributed by atoms with Gasteiger partial charge in [-0.1, -0.05) is 12.1 Å². The maximum atomic E-state index is 13.3. The van der Waals surface area contributed by atoms with Crippen molar-refractivity contribution in [2.24, 2.45) is 0 Å². The van der Waals surface area contributed by atoms with Crippen molar-refractivity contribution < 1.29 is 4.39 Å². The third-order valence-electron chi connectivity index (χ3n) is 2.23. The molecule has 0 fully saturated rings. The monoisotopic (exact) mass is 204 g/mol. The second-order valence-electron chi connectivity index (χ2n) is 3.18. The molecule has 76 valence electrons. The number of aromatic nitrogens is 2. The highest BCUT2D eigenvalue weighted by Crippen LogP contribution is 2.19. The van der Waals surface area contributed by atoms with Crippen LogP contribution >= 0.6 is 0 Å². The lowest BCUT2D eigenvalue weighted by Gasteiger charge is -2.04. The zero-order chi connectivity index (χ0) is 10.8. The van der Waals surface area contributed by atoms with Crippen LogP contribution in [0, 0.1) is 12.7 Å². The van der Waals surface area contributed by atoms with E-state index >= 15 is 0 Å². The predicted molar refractivity (Wildman–Crippen MR) is 55.0 cm³/mol. The van der Waals surface area contributed by atoms with Crippen LogP contribution in [0.4, 0.5) is 4.39 Å². The highest BCUT2D eigenvalue weighted by Gasteiger charge is 2.09. The summed E-state index contributed by atoms with van der Waals surface area (Å²) in [6.07, 6.45) is 2.92. The van der Waals surface area contributed by atoms with Gasteiger partial charge in [0.05, 0.1) is 0 Å². The van der Waals surface area contributed by atoms with Gasteiger partial charge in [0, 0.05) is 18.0 Å². The van der Waals surface area contributed by atoms with Gasteiger partial charge < -0.3 is 4.98 Å². The summed E-state index contributed by atoms with van der Waals surface area (Å²) in [6, 6.07) is 4.59. The maximum Gasteiger partial charge on any atom is 0.274 e. The number of nitrogens with one attached hydrogen (secondary N) is 1. The van der Waals surface area contributed by atoms with E-state index in [1.54, 1.807) is 19.1 Å². The molecule has 1 aromatic heterocycles. The zero-order valence-corrected chi connectivity index (χ0v) is 8.12. The van der Waals surface area contributed by atoms with Crippen molar-refractivity contribution in [2.45, 2.75) is 6.92 Å². The highest BCUT2D eigenvalue weighted by molar-refractivity contribution is 5.62. The van der Waals surface area contributed by atoms with Gasteiger partial charge in [0.1, 0.15) is 11.5 Å². The van der Waals surface area contributed by atoms with E-state index in [0.717, 1.165) is 0 Å². The molecule has 0 atom stereocenters. The molecule has 4 heteroatoms. The number of H-pyrrole nitrogens is 1. The Kier molecular flexibility index (Phi) is 2.33. The summed E-state index contributed by atoms with van der Waals surface area (Å²) in [5.74, 6) is -0.336. The summed E-state index contributed by atoms with van der Waals surface area (Å²) in [4.78, 5) is 17.9. The van der Waals surface area contributed by atoms with Crippen molar-refractivity contribution in [3.8, 4) is 11.3 Å². The Morgan fingerprint density at radius 2 is 2.20 bits per heavy atom. The van der Waals surface area contributed by atoms with Gasteiger partial charge in [0.25, 0.3) is 5.56 Å². The average Bonchev–Trinajstić information content (AvgIpc) is 2.23. The molecule has 1 N–H and O–H groups in total. The fraction of sp³-hybridized carbons (Fsp3) is 0.0909. The predicted octanol–water partition coefficient (Wildman–Crippen LogP) is 1.88. The molecule has 1 aromatic carbocycles. The van der Waals surface area contributed by atoms with Crippen LogP contribution in [0.1, 0.15) is 5.56 Å². The molecule has 2 rings (SSSR count). The molecule has 0 saturated heterocycles. The fourth-order valence-electron chi connectivity index (χ4n) is 1.41.